The molecule has 1 fully saturated rings. The van der Waals surface area contributed by atoms with Crippen molar-refractivity contribution >= 4 is 34.9 Å². The van der Waals surface area contributed by atoms with E-state index in [1.165, 1.54) is 0 Å². The van der Waals surface area contributed by atoms with Gasteiger partial charge >= 0.3 is 5.97 Å². The minimum absolute atomic E-state index is 0.00897. The van der Waals surface area contributed by atoms with E-state index in [1.54, 1.807) is 36.4 Å². The Morgan fingerprint density at radius 1 is 0.980 bits per heavy atom. The van der Waals surface area contributed by atoms with E-state index in [4.69, 9.17) is 16.6 Å². The molecule has 1 aliphatic carbocycles. The quantitative estimate of drug-likeness (QED) is 0.205. The number of Topliss-reactive ketones (excluding diaryl/α,β-unsaturated/α-hetero) is 1. The lowest BCUT2D eigenvalue weighted by molar-refractivity contribution is -0.143. The van der Waals surface area contributed by atoms with Gasteiger partial charge in [0.05, 0.1) is 33.6 Å². The number of carbonyl (C=O) groups excluding carboxylic acids is 2. The number of rotatable bonds is 9. The minimum atomic E-state index is -0.689. The highest BCUT2D eigenvalue weighted by Gasteiger charge is 2.31. The predicted molar refractivity (Wildman–Crippen MR) is 191 cm³/mol. The molecule has 51 heavy (non-hydrogen) atoms. The van der Waals surface area contributed by atoms with Gasteiger partial charge in [-0.15, -0.1) is 0 Å². The fourth-order valence-electron chi connectivity index (χ4n) is 7.97. The molecule has 1 saturated carbocycles. The number of halogens is 1. The molecule has 3 N–H and O–H groups in total. The molecular formula is C38H41ClN8O4. The molecule has 2 aromatic heterocycles. The standard InChI is InChI=1S/C38H41ClN8O4/c1-45-31-13-15-41-19-29(31)42-35(45)33(48)17-24-5-3-6-25(27(24)18-40)26-7-4-8-28(34(26)39)44-37(49)36-43-30-21-47(16-14-32(30)46(36)2)20-22-9-11-23(12-10-22)38(50)51/h3-8,22-23,41H,9-17,19-21H2,1-2H3,(H,44,49)(H,50,51). The van der Waals surface area contributed by atoms with E-state index < -0.39 is 11.9 Å². The first-order valence-corrected chi connectivity index (χ1v) is 17.9. The molecular weight excluding hydrogens is 668 g/mol. The van der Waals surface area contributed by atoms with E-state index in [-0.39, 0.29) is 29.0 Å². The van der Waals surface area contributed by atoms with Crippen molar-refractivity contribution in [3.05, 3.63) is 87.0 Å². The first-order chi connectivity index (χ1) is 24.6. The number of aromatic nitrogens is 4. The van der Waals surface area contributed by atoms with Crippen LogP contribution >= 0.6 is 11.6 Å². The van der Waals surface area contributed by atoms with Crippen molar-refractivity contribution in [2.24, 2.45) is 25.9 Å². The van der Waals surface area contributed by atoms with Crippen molar-refractivity contribution in [3.8, 4) is 17.2 Å². The van der Waals surface area contributed by atoms with Crippen LogP contribution in [0.3, 0.4) is 0 Å². The van der Waals surface area contributed by atoms with Gasteiger partial charge in [0.2, 0.25) is 5.78 Å². The summed E-state index contributed by atoms with van der Waals surface area (Å²) in [6.45, 7) is 3.86. The van der Waals surface area contributed by atoms with Crippen molar-refractivity contribution < 1.29 is 19.5 Å². The number of carboxylic acids is 1. The second kappa shape index (κ2) is 14.4. The van der Waals surface area contributed by atoms with Crippen LogP contribution in [0.5, 0.6) is 0 Å². The van der Waals surface area contributed by atoms with Crippen LogP contribution < -0.4 is 10.6 Å². The van der Waals surface area contributed by atoms with E-state index in [0.717, 1.165) is 80.9 Å². The van der Waals surface area contributed by atoms with Crippen molar-refractivity contribution in [2.75, 3.05) is 25.0 Å². The van der Waals surface area contributed by atoms with Gasteiger partial charge in [0.25, 0.3) is 5.91 Å². The van der Waals surface area contributed by atoms with E-state index in [9.17, 15) is 24.8 Å². The van der Waals surface area contributed by atoms with Crippen LogP contribution in [-0.4, -0.2) is 66.4 Å². The van der Waals surface area contributed by atoms with E-state index in [1.807, 2.05) is 23.2 Å². The summed E-state index contributed by atoms with van der Waals surface area (Å²) in [6, 6.07) is 12.9. The van der Waals surface area contributed by atoms with Gasteiger partial charge in [-0.3, -0.25) is 19.3 Å². The van der Waals surface area contributed by atoms with Crippen LogP contribution in [0, 0.1) is 23.2 Å². The number of aliphatic carboxylic acids is 1. The summed E-state index contributed by atoms with van der Waals surface area (Å²) >= 11 is 6.94. The Labute approximate surface area is 301 Å². The third-order valence-corrected chi connectivity index (χ3v) is 11.2. The molecule has 2 aromatic carbocycles. The Morgan fingerprint density at radius 2 is 1.69 bits per heavy atom. The summed E-state index contributed by atoms with van der Waals surface area (Å²) in [5.41, 5.74) is 6.27. The zero-order valence-corrected chi connectivity index (χ0v) is 29.6. The van der Waals surface area contributed by atoms with Gasteiger partial charge in [-0.1, -0.05) is 41.9 Å². The lowest BCUT2D eigenvalue weighted by atomic mass is 9.81. The molecule has 4 heterocycles. The number of nitrogens with zero attached hydrogens (tertiary/aromatic N) is 6. The zero-order chi connectivity index (χ0) is 35.8. The summed E-state index contributed by atoms with van der Waals surface area (Å²) in [6.07, 6.45) is 4.86. The third kappa shape index (κ3) is 6.81. The Bertz CT molecular complexity index is 2070. The molecule has 13 heteroatoms. The highest BCUT2D eigenvalue weighted by Crippen LogP contribution is 2.37. The summed E-state index contributed by atoms with van der Waals surface area (Å²) in [4.78, 5) is 50.2. The molecule has 1 amide bonds. The third-order valence-electron chi connectivity index (χ3n) is 10.8. The minimum Gasteiger partial charge on any atom is -0.481 e. The Balaban J connectivity index is 1.06. The molecule has 7 rings (SSSR count). The molecule has 0 radical (unpaired) electrons. The number of amides is 1. The summed E-state index contributed by atoms with van der Waals surface area (Å²) in [5.74, 6) is -0.344. The van der Waals surface area contributed by atoms with Gasteiger partial charge < -0.3 is 24.9 Å². The van der Waals surface area contributed by atoms with Gasteiger partial charge in [-0.05, 0) is 43.2 Å². The number of fused-ring (bicyclic) bond motifs is 2. The number of nitriles is 1. The van der Waals surface area contributed by atoms with Gasteiger partial charge in [0, 0.05) is 88.6 Å². The van der Waals surface area contributed by atoms with Gasteiger partial charge in [-0.2, -0.15) is 5.26 Å². The maximum absolute atomic E-state index is 13.7. The number of hydrogen-bond acceptors (Lipinski definition) is 8. The number of hydrogen-bond donors (Lipinski definition) is 3. The number of carbonyl (C=O) groups is 3. The molecule has 3 aliphatic rings. The Morgan fingerprint density at radius 3 is 2.43 bits per heavy atom. The van der Waals surface area contributed by atoms with Gasteiger partial charge in [0.15, 0.2) is 11.6 Å². The van der Waals surface area contributed by atoms with E-state index >= 15 is 0 Å². The molecule has 2 aliphatic heterocycles. The van der Waals surface area contributed by atoms with Crippen LogP contribution in [0.15, 0.2) is 36.4 Å². The van der Waals surface area contributed by atoms with Crippen LogP contribution in [0.25, 0.3) is 11.1 Å². The largest absolute Gasteiger partial charge is 0.481 e. The van der Waals surface area contributed by atoms with Crippen LogP contribution in [-0.2, 0) is 51.2 Å². The number of carboxylic acid groups (broad SMARTS) is 1. The molecule has 0 atom stereocenters. The Kier molecular flexibility index (Phi) is 9.79. The fraction of sp³-hybridized carbons (Fsp3) is 0.421. The van der Waals surface area contributed by atoms with Crippen LogP contribution in [0.1, 0.15) is 80.8 Å². The smallest absolute Gasteiger partial charge is 0.306 e. The second-order valence-corrected chi connectivity index (χ2v) is 14.3. The second-order valence-electron chi connectivity index (χ2n) is 13.9. The van der Waals surface area contributed by atoms with Crippen molar-refractivity contribution in [1.29, 1.82) is 5.26 Å². The maximum atomic E-state index is 13.7. The first kappa shape index (κ1) is 34.6. The average molecular weight is 709 g/mol. The molecule has 12 nitrogen and oxygen atoms in total. The maximum Gasteiger partial charge on any atom is 0.306 e. The molecule has 0 saturated heterocycles. The Hall–Kier alpha value is -4.83. The lowest BCUT2D eigenvalue weighted by Crippen LogP contribution is -2.36. The number of nitrogens with one attached hydrogen (secondary N) is 2. The lowest BCUT2D eigenvalue weighted by Gasteiger charge is -2.33. The first-order valence-electron chi connectivity index (χ1n) is 17.5. The van der Waals surface area contributed by atoms with Crippen molar-refractivity contribution in [2.45, 2.75) is 58.0 Å². The fourth-order valence-corrected chi connectivity index (χ4v) is 8.25. The molecule has 4 aromatic rings. The highest BCUT2D eigenvalue weighted by molar-refractivity contribution is 6.36. The number of anilines is 1. The van der Waals surface area contributed by atoms with Crippen LogP contribution in [0.4, 0.5) is 5.69 Å². The predicted octanol–water partition coefficient (Wildman–Crippen LogP) is 4.92. The monoisotopic (exact) mass is 708 g/mol. The van der Waals surface area contributed by atoms with Crippen LogP contribution in [0.2, 0.25) is 5.02 Å². The van der Waals surface area contributed by atoms with Gasteiger partial charge in [-0.25, -0.2) is 9.97 Å². The van der Waals surface area contributed by atoms with Gasteiger partial charge in [0.1, 0.15) is 6.07 Å². The highest BCUT2D eigenvalue weighted by atomic mass is 35.5. The van der Waals surface area contributed by atoms with Crippen molar-refractivity contribution in [1.82, 2.24) is 29.3 Å². The van der Waals surface area contributed by atoms with E-state index in [2.05, 4.69) is 26.6 Å². The number of ketones is 1. The zero-order valence-electron chi connectivity index (χ0n) is 28.8. The molecule has 264 valence electrons. The number of imidazole rings is 2. The average Bonchev–Trinajstić information content (AvgIpc) is 3.65. The molecule has 0 bridgehead atoms. The molecule has 0 spiro atoms. The summed E-state index contributed by atoms with van der Waals surface area (Å²) in [7, 11) is 3.71. The van der Waals surface area contributed by atoms with Crippen molar-refractivity contribution in [3.63, 3.8) is 0 Å². The van der Waals surface area contributed by atoms with E-state index in [0.29, 0.717) is 52.8 Å². The molecule has 0 unspecified atom stereocenters. The number of benzene rings is 2. The normalized spacial score (nSPS) is 18.8. The topological polar surface area (TPSA) is 158 Å². The summed E-state index contributed by atoms with van der Waals surface area (Å²) in [5, 5.41) is 26.1. The SMILES string of the molecule is Cn1c(C(=O)Cc2cccc(-c3cccc(NC(=O)c4nc5c(n4C)CCN(CC4CCC(C(=O)O)CC4)C5)c3Cl)c2C#N)nc2c1CCNC2. The summed E-state index contributed by atoms with van der Waals surface area (Å²) < 4.78 is 3.71.